The zero-order chi connectivity index (χ0) is 88.0. The van der Waals surface area contributed by atoms with Crippen LogP contribution in [0.4, 0.5) is 39.0 Å². The lowest BCUT2D eigenvalue weighted by Crippen LogP contribution is -2.37. The number of hydrogen-bond acceptors (Lipinski definition) is 18. The summed E-state index contributed by atoms with van der Waals surface area (Å²) in [4.78, 5) is 80.3. The minimum absolute atomic E-state index is 0. The van der Waals surface area contributed by atoms with Crippen LogP contribution in [0.25, 0.3) is 0 Å². The molecule has 0 aromatic heterocycles. The normalized spacial score (nSPS) is 13.8. The van der Waals surface area contributed by atoms with Crippen molar-refractivity contribution >= 4 is 147 Å². The Morgan fingerprint density at radius 3 is 1.06 bits per heavy atom. The second-order valence-electron chi connectivity index (χ2n) is 28.3. The number of aliphatic hydroxyl groups is 1. The van der Waals surface area contributed by atoms with Crippen LogP contribution in [0.1, 0.15) is 98.7 Å². The number of nitrogens with one attached hydrogen (secondary N) is 2. The molecule has 10 N–H and O–H groups in total. The van der Waals surface area contributed by atoms with Crippen LogP contribution in [0, 0.1) is 40.9 Å². The largest absolute Gasteiger partial charge is 0.508 e. The number of ketones is 2. The average molecular weight is 1880 g/mol. The molecule has 3 amide bonds. The number of alkyl halides is 2. The second kappa shape index (κ2) is 62.4. The average Bonchev–Trinajstić information content (AvgIpc) is 1.69. The van der Waals surface area contributed by atoms with Crippen LogP contribution >= 0.6 is 88.5 Å². The van der Waals surface area contributed by atoms with Crippen molar-refractivity contribution in [3.8, 4) is 28.7 Å². The second-order valence-corrected chi connectivity index (χ2v) is 28.9. The van der Waals surface area contributed by atoms with Crippen molar-refractivity contribution in [2.75, 3.05) is 48.6 Å². The van der Waals surface area contributed by atoms with Gasteiger partial charge in [-0.25, -0.2) is 22.0 Å². The number of phenols is 1. The summed E-state index contributed by atoms with van der Waals surface area (Å²) in [5.41, 5.74) is 23.9. The van der Waals surface area contributed by atoms with E-state index >= 15 is 0 Å². The van der Waals surface area contributed by atoms with Crippen molar-refractivity contribution in [2.45, 2.75) is 123 Å². The molecular formula is C93H109Cl4F5N6O15S3. The summed E-state index contributed by atoms with van der Waals surface area (Å²) < 4.78 is 96.0. The number of cyclic esters (lactones) is 2. The minimum atomic E-state index is -0.561. The Morgan fingerprint density at radius 1 is 0.460 bits per heavy atom. The van der Waals surface area contributed by atoms with Gasteiger partial charge in [0.2, 0.25) is 17.7 Å². The van der Waals surface area contributed by atoms with Gasteiger partial charge in [-0.2, -0.15) is 40.5 Å². The monoisotopic (exact) mass is 1880 g/mol. The molecule has 13 rings (SSSR count). The molecular weight excluding hydrogens is 1770 g/mol. The highest BCUT2D eigenvalue weighted by atomic mass is 35.5. The van der Waals surface area contributed by atoms with Crippen molar-refractivity contribution in [1.29, 1.82) is 0 Å². The number of ether oxygens (including phenoxy) is 6. The Hall–Kier alpha value is -10.7. The highest BCUT2D eigenvalue weighted by Crippen LogP contribution is 2.28. The number of nitrogen functional groups attached to an aromatic ring is 2. The number of carbonyl (C=O) groups excluding carboxylic acids is 7. The van der Waals surface area contributed by atoms with Crippen molar-refractivity contribution in [1.82, 2.24) is 10.6 Å². The molecule has 3 fully saturated rings. The van der Waals surface area contributed by atoms with Crippen LogP contribution in [0.5, 0.6) is 28.7 Å². The van der Waals surface area contributed by atoms with Gasteiger partial charge in [-0.15, -0.1) is 48.0 Å². The lowest BCUT2D eigenvalue weighted by Gasteiger charge is -2.16. The van der Waals surface area contributed by atoms with Gasteiger partial charge in [0.05, 0.1) is 32.1 Å². The Balaban J connectivity index is 0.000000748. The predicted octanol–water partition coefficient (Wildman–Crippen LogP) is 17.4. The first-order valence-corrected chi connectivity index (χ1v) is 39.6. The van der Waals surface area contributed by atoms with Crippen LogP contribution in [0.15, 0.2) is 243 Å². The lowest BCUT2D eigenvalue weighted by atomic mass is 10.0. The van der Waals surface area contributed by atoms with Gasteiger partial charge in [0, 0.05) is 99.3 Å². The van der Waals surface area contributed by atoms with Gasteiger partial charge < -0.3 is 71.4 Å². The summed E-state index contributed by atoms with van der Waals surface area (Å²) in [5.74, 6) is 2.38. The number of carbonyl (C=O) groups is 7. The maximum absolute atomic E-state index is 13.1. The minimum Gasteiger partial charge on any atom is -0.508 e. The van der Waals surface area contributed by atoms with Gasteiger partial charge in [0.1, 0.15) is 102 Å². The molecule has 3 saturated heterocycles. The van der Waals surface area contributed by atoms with E-state index in [0.717, 1.165) is 56.9 Å². The van der Waals surface area contributed by atoms with Crippen molar-refractivity contribution in [3.05, 3.63) is 311 Å². The number of halogens is 9. The fourth-order valence-corrected chi connectivity index (χ4v) is 11.6. The van der Waals surface area contributed by atoms with Gasteiger partial charge in [-0.05, 0) is 203 Å². The van der Waals surface area contributed by atoms with Gasteiger partial charge in [-0.3, -0.25) is 33.6 Å². The number of hydrogen-bond donors (Lipinski definition) is 7. The summed E-state index contributed by atoms with van der Waals surface area (Å²) in [6.45, 7) is 9.52. The molecule has 0 spiro atoms. The third kappa shape index (κ3) is 47.6. The number of anilines is 3. The number of nitrogens with two attached hydrogens (primary N) is 3. The van der Waals surface area contributed by atoms with E-state index in [4.69, 9.17) is 64.5 Å². The molecule has 5 atom stereocenters. The quantitative estimate of drug-likeness (QED) is 0.00871. The highest BCUT2D eigenvalue weighted by molar-refractivity contribution is 7.59. The van der Waals surface area contributed by atoms with Crippen LogP contribution in [-0.2, 0) is 88.2 Å². The number of benzene rings is 10. The molecule has 3 heterocycles. The number of Topliss-reactive ketones (excluding diaryl/α,β-unsaturated/α-hetero) is 2. The first-order chi connectivity index (χ1) is 58.0. The smallest absolute Gasteiger partial charge is 0.307 e. The molecule has 33 heteroatoms. The molecule has 0 radical (unpaired) electrons. The van der Waals surface area contributed by atoms with E-state index in [-0.39, 0.29) is 205 Å². The van der Waals surface area contributed by atoms with Gasteiger partial charge >= 0.3 is 11.9 Å². The molecule has 126 heavy (non-hydrogen) atoms. The Kier molecular flexibility index (Phi) is 56.1. The van der Waals surface area contributed by atoms with Crippen molar-refractivity contribution in [2.24, 2.45) is 17.6 Å². The highest BCUT2D eigenvalue weighted by Gasteiger charge is 2.28. The third-order valence-corrected chi connectivity index (χ3v) is 17.9. The fourth-order valence-electron chi connectivity index (χ4n) is 11.3. The number of esters is 2. The first kappa shape index (κ1) is 113. The van der Waals surface area contributed by atoms with Gasteiger partial charge in [-0.1, -0.05) is 98.8 Å². The van der Waals surface area contributed by atoms with E-state index in [2.05, 4.69) is 27.0 Å². The zero-order valence-electron chi connectivity index (χ0n) is 69.8. The summed E-state index contributed by atoms with van der Waals surface area (Å²) in [5, 5.41) is 23.1. The van der Waals surface area contributed by atoms with Gasteiger partial charge in [0.25, 0.3) is 0 Å². The molecule has 3 aliphatic rings. The fraction of sp³-hybridized carbons (Fsp3) is 0.280. The van der Waals surface area contributed by atoms with E-state index in [1.165, 1.54) is 74.5 Å². The standard InChI is InChI=1S/C20H21ClFNO3.C20H22FNO4.C18H18FNO2.C13H12FNO.C7H6ClF.C6H7NO.C5H8O2.C4H7NO2.2ClH.3H2S/c1-14(24)23-18(12-21)11-19(25)10-15-5-7-20(8-6-15)26-13-16-3-2-4-17(22)9-16;1-14(24)22-18(12-23)11-19(25)10-15-5-7-20(8-6-15)26-13-16-3-2-4-17(21)9-16;1-13-9-18(21)20(11-13)16-5-7-17(8-6-16)22-12-14-3-2-4-15(19)10-14;14-11-3-1-2-10(8-11)9-16-13-6-4-12(15)5-7-13;8-5-6-2-1-3-7(9)4-6;7-5-1-3-6(8)4-2-5;1-4-2-5(6)7-3-4;5-3-1-4(6)7-2-3;;;;;/h2-9,18H,10-13H2,1H3,(H,23,24);2-9,18,23H,10-13H2,1H3,(H,22,24);2-8,10,13H,9,11-12H2,1H3;1-8H,9,15H2;1-4H,5H2;1-4,8H,7H2;4H,2-3H2,1H3;3H,1-2,5H2;2*1H;3*1H2. The van der Waals surface area contributed by atoms with E-state index in [1.807, 2.05) is 55.5 Å². The van der Waals surface area contributed by atoms with E-state index in [9.17, 15) is 60.6 Å². The molecule has 682 valence electrons. The number of aliphatic hydroxyl groups excluding tert-OH is 1. The molecule has 5 unspecified atom stereocenters. The van der Waals surface area contributed by atoms with E-state index in [1.54, 1.807) is 138 Å². The SMILES string of the molecule is CC(=O)NC(CCl)CC(=O)Cc1ccc(OCc2cccc(F)c2)cc1.CC(=O)NC(CO)CC(=O)Cc1ccc(OCc2cccc(F)c2)cc1.CC1CC(=O)N(c2ccc(OCc3cccc(F)c3)cc2)C1.CC1COC(=O)C1.Cl.Cl.Fc1cccc(CCl)c1.NC1COC(=O)C1.Nc1ccc(O)cc1.Nc1ccc(OCc2cccc(F)c2)cc1.S.S.S. The van der Waals surface area contributed by atoms with Crippen LogP contribution in [0.3, 0.4) is 0 Å². The topological polar surface area (TPSA) is 321 Å². The number of rotatable bonds is 26. The summed E-state index contributed by atoms with van der Waals surface area (Å²) in [6, 6.07) is 65.6. The molecule has 0 bridgehead atoms. The molecule has 0 saturated carbocycles. The molecule has 3 aliphatic heterocycles. The first-order valence-electron chi connectivity index (χ1n) is 38.6. The Labute approximate surface area is 775 Å². The third-order valence-electron chi connectivity index (χ3n) is 17.2. The Bertz CT molecular complexity index is 4710. The number of nitrogens with zero attached hydrogens (tertiary/aromatic N) is 1. The Morgan fingerprint density at radius 2 is 0.794 bits per heavy atom. The van der Waals surface area contributed by atoms with Gasteiger partial charge in [0.15, 0.2) is 0 Å². The molecule has 10 aromatic rings. The van der Waals surface area contributed by atoms with Crippen LogP contribution < -0.4 is 51.7 Å². The zero-order valence-corrected chi connectivity index (χ0v) is 76.0. The molecule has 21 nitrogen and oxygen atoms in total. The van der Waals surface area contributed by atoms with Crippen LogP contribution in [0.2, 0.25) is 0 Å². The molecule has 10 aromatic carbocycles. The predicted molar refractivity (Wildman–Crippen MR) is 501 cm³/mol. The van der Waals surface area contributed by atoms with Crippen molar-refractivity contribution < 1.29 is 94.1 Å². The maximum Gasteiger partial charge on any atom is 0.307 e. The van der Waals surface area contributed by atoms with E-state index < -0.39 is 6.04 Å². The number of phenolic OH excluding ortho intramolecular Hbond substituents is 1. The van der Waals surface area contributed by atoms with Crippen molar-refractivity contribution in [3.63, 3.8) is 0 Å². The summed E-state index contributed by atoms with van der Waals surface area (Å²) in [6.07, 6.45) is 2.35. The molecule has 0 aliphatic carbocycles. The lowest BCUT2D eigenvalue weighted by molar-refractivity contribution is -0.138. The van der Waals surface area contributed by atoms with Crippen LogP contribution in [-0.4, -0.2) is 102 Å². The number of aromatic hydroxyl groups is 1. The van der Waals surface area contributed by atoms with E-state index in [0.29, 0.717) is 92.0 Å². The summed E-state index contributed by atoms with van der Waals surface area (Å²) in [7, 11) is 0. The number of amides is 3. The summed E-state index contributed by atoms with van der Waals surface area (Å²) >= 11 is 11.2. The maximum atomic E-state index is 13.1.